The van der Waals surface area contributed by atoms with Crippen LogP contribution in [0.25, 0.3) is 6.08 Å². The van der Waals surface area contributed by atoms with Gasteiger partial charge in [-0.2, -0.15) is 0 Å². The van der Waals surface area contributed by atoms with E-state index in [0.717, 1.165) is 11.3 Å². The molecule has 0 fully saturated rings. The average molecular weight is 249 g/mol. The molecule has 0 unspecified atom stereocenters. The fourth-order valence-corrected chi connectivity index (χ4v) is 1.30. The summed E-state index contributed by atoms with van der Waals surface area (Å²) in [6.45, 7) is 3.41. The number of rotatable bonds is 5. The van der Waals surface area contributed by atoms with Crippen LogP contribution >= 0.6 is 0 Å². The van der Waals surface area contributed by atoms with Crippen molar-refractivity contribution in [1.29, 1.82) is 0 Å². The van der Waals surface area contributed by atoms with E-state index in [1.54, 1.807) is 27.0 Å². The summed E-state index contributed by atoms with van der Waals surface area (Å²) in [5.41, 5.74) is 0.300. The monoisotopic (exact) mass is 249 g/mol. The van der Waals surface area contributed by atoms with Crippen LogP contribution < -0.4 is 10.1 Å². The number of amides is 1. The van der Waals surface area contributed by atoms with Crippen LogP contribution in [0.5, 0.6) is 5.75 Å². The quantitative estimate of drug-likeness (QED) is 0.779. The zero-order valence-corrected chi connectivity index (χ0v) is 10.9. The summed E-state index contributed by atoms with van der Waals surface area (Å²) < 4.78 is 5.04. The van der Waals surface area contributed by atoms with Gasteiger partial charge >= 0.3 is 0 Å². The summed E-state index contributed by atoms with van der Waals surface area (Å²) in [5, 5.41) is 11.7. The number of carbonyl (C=O) groups excluding carboxylic acids is 1. The number of aliphatic hydroxyl groups excluding tert-OH is 1. The van der Waals surface area contributed by atoms with Gasteiger partial charge in [-0.1, -0.05) is 12.1 Å². The first kappa shape index (κ1) is 14.3. The van der Waals surface area contributed by atoms with Gasteiger partial charge in [0.05, 0.1) is 19.3 Å². The second-order valence-electron chi connectivity index (χ2n) is 4.64. The lowest BCUT2D eigenvalue weighted by Gasteiger charge is -2.22. The molecule has 4 nitrogen and oxygen atoms in total. The minimum atomic E-state index is -0.610. The van der Waals surface area contributed by atoms with E-state index in [-0.39, 0.29) is 12.5 Å². The third kappa shape index (κ3) is 4.59. The fraction of sp³-hybridized carbons (Fsp3) is 0.357. The molecule has 0 bridgehead atoms. The van der Waals surface area contributed by atoms with Gasteiger partial charge in [0.15, 0.2) is 0 Å². The molecule has 0 atom stereocenters. The second-order valence-corrected chi connectivity index (χ2v) is 4.64. The van der Waals surface area contributed by atoms with Gasteiger partial charge in [-0.3, -0.25) is 4.79 Å². The van der Waals surface area contributed by atoms with Gasteiger partial charge in [0, 0.05) is 6.08 Å². The van der Waals surface area contributed by atoms with E-state index in [2.05, 4.69) is 5.32 Å². The lowest BCUT2D eigenvalue weighted by atomic mass is 10.1. The molecule has 18 heavy (non-hydrogen) atoms. The molecule has 1 aromatic carbocycles. The second kappa shape index (κ2) is 6.21. The highest BCUT2D eigenvalue weighted by atomic mass is 16.5. The van der Waals surface area contributed by atoms with Crippen molar-refractivity contribution in [2.45, 2.75) is 19.4 Å². The Morgan fingerprint density at radius 3 is 2.50 bits per heavy atom. The van der Waals surface area contributed by atoms with Crippen LogP contribution in [0.4, 0.5) is 0 Å². The van der Waals surface area contributed by atoms with Gasteiger partial charge in [0.2, 0.25) is 5.91 Å². The van der Waals surface area contributed by atoms with Crippen molar-refractivity contribution >= 4 is 12.0 Å². The molecular weight excluding hydrogens is 230 g/mol. The van der Waals surface area contributed by atoms with Gasteiger partial charge < -0.3 is 15.2 Å². The van der Waals surface area contributed by atoms with Crippen molar-refractivity contribution < 1.29 is 14.6 Å². The Morgan fingerprint density at radius 2 is 2.00 bits per heavy atom. The predicted octanol–water partition coefficient (Wildman–Crippen LogP) is 1.60. The minimum absolute atomic E-state index is 0.102. The number of carbonyl (C=O) groups is 1. The first-order valence-corrected chi connectivity index (χ1v) is 5.72. The lowest BCUT2D eigenvalue weighted by molar-refractivity contribution is -0.118. The highest BCUT2D eigenvalue weighted by Crippen LogP contribution is 2.12. The Bertz CT molecular complexity index is 421. The molecule has 0 radical (unpaired) electrons. The fourth-order valence-electron chi connectivity index (χ4n) is 1.30. The number of aliphatic hydroxyl groups is 1. The van der Waals surface area contributed by atoms with Crippen molar-refractivity contribution in [3.8, 4) is 5.75 Å². The van der Waals surface area contributed by atoms with Crippen LogP contribution in [-0.4, -0.2) is 30.3 Å². The summed E-state index contributed by atoms with van der Waals surface area (Å²) >= 11 is 0. The number of hydrogen-bond acceptors (Lipinski definition) is 3. The molecule has 0 heterocycles. The highest BCUT2D eigenvalue weighted by molar-refractivity contribution is 5.92. The van der Waals surface area contributed by atoms with Gasteiger partial charge in [-0.25, -0.2) is 0 Å². The minimum Gasteiger partial charge on any atom is -0.497 e. The third-order valence-electron chi connectivity index (χ3n) is 2.40. The molecule has 0 aromatic heterocycles. The van der Waals surface area contributed by atoms with Gasteiger partial charge in [0.25, 0.3) is 0 Å². The maximum Gasteiger partial charge on any atom is 0.244 e. The Morgan fingerprint density at radius 1 is 1.39 bits per heavy atom. The molecule has 98 valence electrons. The molecule has 2 N–H and O–H groups in total. The summed E-state index contributed by atoms with van der Waals surface area (Å²) in [6, 6.07) is 7.38. The highest BCUT2D eigenvalue weighted by Gasteiger charge is 2.17. The number of methoxy groups -OCH3 is 1. The van der Waals surface area contributed by atoms with Crippen LogP contribution in [0, 0.1) is 0 Å². The Balaban J connectivity index is 2.60. The van der Waals surface area contributed by atoms with Crippen LogP contribution in [-0.2, 0) is 4.79 Å². The zero-order chi connectivity index (χ0) is 13.6. The van der Waals surface area contributed by atoms with Gasteiger partial charge in [0.1, 0.15) is 5.75 Å². The van der Waals surface area contributed by atoms with Crippen molar-refractivity contribution in [2.75, 3.05) is 13.7 Å². The predicted molar refractivity (Wildman–Crippen MR) is 71.3 cm³/mol. The van der Waals surface area contributed by atoms with Gasteiger partial charge in [-0.15, -0.1) is 0 Å². The maximum absolute atomic E-state index is 11.6. The number of hydrogen-bond donors (Lipinski definition) is 2. The first-order valence-electron chi connectivity index (χ1n) is 5.72. The maximum atomic E-state index is 11.6. The molecule has 0 aliphatic heterocycles. The molecule has 1 amide bonds. The van der Waals surface area contributed by atoms with E-state index >= 15 is 0 Å². The molecule has 1 rings (SSSR count). The smallest absolute Gasteiger partial charge is 0.244 e. The van der Waals surface area contributed by atoms with Crippen LogP contribution in [0.1, 0.15) is 19.4 Å². The SMILES string of the molecule is COc1ccc(/C=C/C(=O)NC(C)(C)CO)cc1. The van der Waals surface area contributed by atoms with Gasteiger partial charge in [-0.05, 0) is 37.6 Å². The molecule has 0 saturated heterocycles. The Kier molecular flexibility index (Phi) is 4.92. The number of nitrogens with one attached hydrogen (secondary N) is 1. The Hall–Kier alpha value is -1.81. The molecule has 0 spiro atoms. The van der Waals surface area contributed by atoms with E-state index < -0.39 is 5.54 Å². The van der Waals surface area contributed by atoms with E-state index in [4.69, 9.17) is 9.84 Å². The van der Waals surface area contributed by atoms with Crippen LogP contribution in [0.2, 0.25) is 0 Å². The van der Waals surface area contributed by atoms with Crippen molar-refractivity contribution in [3.05, 3.63) is 35.9 Å². The van der Waals surface area contributed by atoms with Crippen molar-refractivity contribution in [3.63, 3.8) is 0 Å². The molecule has 0 saturated carbocycles. The number of ether oxygens (including phenoxy) is 1. The van der Waals surface area contributed by atoms with E-state index in [0.29, 0.717) is 0 Å². The third-order valence-corrected chi connectivity index (χ3v) is 2.40. The Labute approximate surface area is 107 Å². The summed E-state index contributed by atoms with van der Waals surface area (Å²) in [7, 11) is 1.61. The van der Waals surface area contributed by atoms with E-state index in [1.165, 1.54) is 6.08 Å². The van der Waals surface area contributed by atoms with Crippen molar-refractivity contribution in [2.24, 2.45) is 0 Å². The zero-order valence-electron chi connectivity index (χ0n) is 10.9. The molecular formula is C14H19NO3. The summed E-state index contributed by atoms with van der Waals surface area (Å²) in [4.78, 5) is 11.6. The van der Waals surface area contributed by atoms with Crippen LogP contribution in [0.3, 0.4) is 0 Å². The lowest BCUT2D eigenvalue weighted by Crippen LogP contribution is -2.45. The molecule has 1 aromatic rings. The molecule has 4 heteroatoms. The van der Waals surface area contributed by atoms with E-state index in [1.807, 2.05) is 24.3 Å². The summed E-state index contributed by atoms with van der Waals surface area (Å²) in [5.74, 6) is 0.544. The van der Waals surface area contributed by atoms with Crippen molar-refractivity contribution in [1.82, 2.24) is 5.32 Å². The first-order chi connectivity index (χ1) is 8.46. The standard InChI is InChI=1S/C14H19NO3/c1-14(2,10-16)15-13(17)9-6-11-4-7-12(18-3)8-5-11/h4-9,16H,10H2,1-3H3,(H,15,17)/b9-6+. The van der Waals surface area contributed by atoms with E-state index in [9.17, 15) is 4.79 Å². The number of benzene rings is 1. The topological polar surface area (TPSA) is 58.6 Å². The average Bonchev–Trinajstić information content (AvgIpc) is 2.36. The normalized spacial score (nSPS) is 11.6. The summed E-state index contributed by atoms with van der Waals surface area (Å²) in [6.07, 6.45) is 3.15. The molecule has 0 aliphatic rings. The largest absolute Gasteiger partial charge is 0.497 e. The molecule has 0 aliphatic carbocycles. The van der Waals surface area contributed by atoms with Crippen LogP contribution in [0.15, 0.2) is 30.3 Å².